The molecule has 0 aromatic heterocycles. The van der Waals surface area contributed by atoms with Crippen molar-refractivity contribution in [3.8, 4) is 0 Å². The molecule has 2 N–H and O–H groups in total. The summed E-state index contributed by atoms with van der Waals surface area (Å²) >= 11 is 0. The molecule has 0 amide bonds. The van der Waals surface area contributed by atoms with Gasteiger partial charge in [0.05, 0.1) is 0 Å². The zero-order chi connectivity index (χ0) is 7.86. The molecule has 0 bridgehead atoms. The quantitative estimate of drug-likeness (QED) is 0.619. The van der Waals surface area contributed by atoms with Crippen molar-refractivity contribution in [2.45, 2.75) is 20.3 Å². The molecule has 62 valence electrons. The van der Waals surface area contributed by atoms with Gasteiger partial charge in [-0.25, -0.2) is 0 Å². The third-order valence-corrected chi connectivity index (χ3v) is 0.302. The van der Waals surface area contributed by atoms with Crippen molar-refractivity contribution >= 4 is 87.4 Å². The summed E-state index contributed by atoms with van der Waals surface area (Å²) in [5.41, 5.74) is 0. The summed E-state index contributed by atoms with van der Waals surface area (Å²) in [7, 11) is 0. The number of rotatable bonds is 1. The van der Waals surface area contributed by atoms with Crippen LogP contribution in [0.25, 0.3) is 0 Å². The average Bonchev–Trinajstić information content (AvgIpc) is 1.65. The van der Waals surface area contributed by atoms with Gasteiger partial charge in [0, 0.05) is 13.3 Å². The minimum atomic E-state index is -0.833. The Morgan fingerprint density at radius 2 is 1.36 bits per heavy atom. The molecule has 0 heterocycles. The predicted molar refractivity (Wildman–Crippen MR) is 47.2 cm³/mol. The number of aliphatic carboxylic acids is 2. The van der Waals surface area contributed by atoms with Gasteiger partial charge >= 0.3 is 81.4 Å². The first-order valence-corrected chi connectivity index (χ1v) is 2.42. The van der Waals surface area contributed by atoms with Gasteiger partial charge in [-0.15, -0.1) is 0 Å². The Morgan fingerprint density at radius 3 is 1.36 bits per heavy atom. The van der Waals surface area contributed by atoms with Crippen LogP contribution in [0.15, 0.2) is 0 Å². The van der Waals surface area contributed by atoms with Crippen LogP contribution < -0.4 is 0 Å². The normalized spacial score (nSPS) is 5.64. The van der Waals surface area contributed by atoms with E-state index in [2.05, 4.69) is 0 Å². The Kier molecular flexibility index (Phi) is 36.4. The van der Waals surface area contributed by atoms with E-state index < -0.39 is 11.9 Å². The first kappa shape index (κ1) is 22.9. The summed E-state index contributed by atoms with van der Waals surface area (Å²) in [6, 6.07) is 0. The molecule has 0 aliphatic rings. The van der Waals surface area contributed by atoms with Gasteiger partial charge < -0.3 is 15.9 Å². The van der Waals surface area contributed by atoms with Crippen molar-refractivity contribution in [3.05, 3.63) is 0 Å². The number of carboxylic acids is 2. The van der Waals surface area contributed by atoms with E-state index in [1.807, 2.05) is 0 Å². The maximum Gasteiger partial charge on any atom is 2.00 e. The predicted octanol–water partition coefficient (Wildman–Crippen LogP) is 0.260. The minimum absolute atomic E-state index is 0. The summed E-state index contributed by atoms with van der Waals surface area (Å²) in [6.07, 6.45) is 0.222. The van der Waals surface area contributed by atoms with Crippen LogP contribution in [-0.4, -0.2) is 97.6 Å². The molecular formula is C5H14Ca2O4. The number of carbonyl (C=O) groups is 2. The van der Waals surface area contributed by atoms with Crippen LogP contribution in [0.5, 0.6) is 0 Å². The van der Waals surface area contributed by atoms with Crippen molar-refractivity contribution in [1.82, 2.24) is 0 Å². The van der Waals surface area contributed by atoms with Gasteiger partial charge in [0.1, 0.15) is 0 Å². The van der Waals surface area contributed by atoms with E-state index in [1.54, 1.807) is 6.92 Å². The molecule has 0 radical (unpaired) electrons. The topological polar surface area (TPSA) is 74.6 Å². The molecule has 0 aromatic carbocycles. The van der Waals surface area contributed by atoms with Crippen molar-refractivity contribution in [1.29, 1.82) is 0 Å². The van der Waals surface area contributed by atoms with Gasteiger partial charge in [-0.1, -0.05) is 6.92 Å². The second kappa shape index (κ2) is 17.5. The molecular weight excluding hydrogens is 204 g/mol. The molecule has 0 spiro atoms. The third-order valence-electron chi connectivity index (χ3n) is 0.302. The van der Waals surface area contributed by atoms with Crippen LogP contribution in [0.4, 0.5) is 0 Å². The Labute approximate surface area is 131 Å². The van der Waals surface area contributed by atoms with Gasteiger partial charge in [-0.2, -0.15) is 0 Å². The molecule has 0 saturated carbocycles. The van der Waals surface area contributed by atoms with Gasteiger partial charge in [0.25, 0.3) is 5.97 Å². The van der Waals surface area contributed by atoms with Crippen molar-refractivity contribution < 1.29 is 25.5 Å². The van der Waals surface area contributed by atoms with Crippen LogP contribution in [-0.2, 0) is 9.59 Å². The molecule has 0 atom stereocenters. The fraction of sp³-hybridized carbons (Fsp3) is 0.600. The maximum atomic E-state index is 9.37. The molecule has 6 heteroatoms. The molecule has 0 saturated heterocycles. The summed E-state index contributed by atoms with van der Waals surface area (Å²) in [4.78, 5) is 18.4. The van der Waals surface area contributed by atoms with Crippen molar-refractivity contribution in [3.63, 3.8) is 0 Å². The summed E-state index contributed by atoms with van der Waals surface area (Å²) in [6.45, 7) is 2.68. The fourth-order valence-corrected chi connectivity index (χ4v) is 0. The second-order valence-corrected chi connectivity index (χ2v) is 1.27. The van der Waals surface area contributed by atoms with Gasteiger partial charge in [0.2, 0.25) is 0 Å². The fourth-order valence-electron chi connectivity index (χ4n) is 0. The Bertz CT molecular complexity index is 113. The third kappa shape index (κ3) is 85.7. The number of hydrogen-bond acceptors (Lipinski definition) is 2. The molecule has 0 aliphatic carbocycles. The number of carboxylic acid groups (broad SMARTS) is 2. The minimum Gasteiger partial charge on any atom is -1.00 e. The largest absolute Gasteiger partial charge is 2.00 e. The zero-order valence-corrected chi connectivity index (χ0v) is 11.2. The van der Waals surface area contributed by atoms with Crippen LogP contribution in [0.3, 0.4) is 0 Å². The van der Waals surface area contributed by atoms with E-state index in [-0.39, 0.29) is 87.6 Å². The Hall–Kier alpha value is 1.46. The van der Waals surface area contributed by atoms with Crippen molar-refractivity contribution in [2.75, 3.05) is 0 Å². The first-order chi connectivity index (χ1) is 4.00. The second-order valence-electron chi connectivity index (χ2n) is 1.27. The molecule has 0 unspecified atom stereocenters. The van der Waals surface area contributed by atoms with Crippen LogP contribution in [0, 0.1) is 0 Å². The number of hydrogen-bond donors (Lipinski definition) is 2. The zero-order valence-electron chi connectivity index (χ0n) is 10.8. The van der Waals surface area contributed by atoms with E-state index in [4.69, 9.17) is 15.0 Å². The summed E-state index contributed by atoms with van der Waals surface area (Å²) < 4.78 is 0. The Morgan fingerprint density at radius 1 is 1.27 bits per heavy atom. The van der Waals surface area contributed by atoms with Crippen LogP contribution >= 0.6 is 0 Å². The molecule has 0 aliphatic heterocycles. The summed E-state index contributed by atoms with van der Waals surface area (Å²) in [5, 5.41) is 15.1. The monoisotopic (exact) mass is 218 g/mol. The summed E-state index contributed by atoms with van der Waals surface area (Å²) in [5.74, 6) is -1.58. The van der Waals surface area contributed by atoms with Crippen LogP contribution in [0.2, 0.25) is 0 Å². The van der Waals surface area contributed by atoms with E-state index in [0.29, 0.717) is 0 Å². The van der Waals surface area contributed by atoms with E-state index in [9.17, 15) is 4.79 Å². The van der Waals surface area contributed by atoms with E-state index in [1.165, 1.54) is 0 Å². The van der Waals surface area contributed by atoms with Gasteiger partial charge in [-0.05, 0) is 0 Å². The smallest absolute Gasteiger partial charge is 1.00 e. The van der Waals surface area contributed by atoms with Gasteiger partial charge in [-0.3, -0.25) is 9.59 Å². The standard InChI is InChI=1S/C3H6O2.C2H4O2.2Ca.4H/c1-2-3(4)5;1-2(3)4;;;;;;/h2H2,1H3,(H,4,5);1H3,(H,3,4);;;;;;/q;;2*+2;4*-1. The van der Waals surface area contributed by atoms with Crippen molar-refractivity contribution in [2.24, 2.45) is 0 Å². The maximum absolute atomic E-state index is 9.37. The first-order valence-electron chi connectivity index (χ1n) is 2.42. The Balaban J connectivity index is -0.00000000785. The SMILES string of the molecule is CC(=O)O.CCC(=O)O.[Ca+2].[Ca+2].[H-].[H-].[H-].[H-]. The molecule has 0 fully saturated rings. The van der Waals surface area contributed by atoms with E-state index in [0.717, 1.165) is 6.92 Å². The molecule has 11 heavy (non-hydrogen) atoms. The average molecular weight is 218 g/mol. The van der Waals surface area contributed by atoms with Crippen LogP contribution in [0.1, 0.15) is 26.0 Å². The molecule has 4 nitrogen and oxygen atoms in total. The molecule has 0 aromatic rings. The van der Waals surface area contributed by atoms with Gasteiger partial charge in [0.15, 0.2) is 0 Å². The molecule has 0 rings (SSSR count). The van der Waals surface area contributed by atoms with E-state index >= 15 is 0 Å².